The Bertz CT molecular complexity index is 1250. The van der Waals surface area contributed by atoms with Gasteiger partial charge in [-0.25, -0.2) is 0 Å². The molecule has 0 aliphatic carbocycles. The fraction of sp³-hybridized carbons (Fsp3) is 0.478. The van der Waals surface area contributed by atoms with Gasteiger partial charge in [0.25, 0.3) is 20.2 Å². The number of hydrogen-bond donors (Lipinski definition) is 1. The molecule has 1 N–H and O–H groups in total. The Morgan fingerprint density at radius 3 is 1.91 bits per heavy atom. The first-order valence-corrected chi connectivity index (χ1v) is 13.7. The van der Waals surface area contributed by atoms with E-state index >= 15 is 0 Å². The van der Waals surface area contributed by atoms with E-state index in [-0.39, 0.29) is 9.79 Å². The minimum atomic E-state index is -4.37. The number of aryl methyl sites for hydroxylation is 2. The van der Waals surface area contributed by atoms with Crippen LogP contribution in [-0.4, -0.2) is 65.0 Å². The molecular formula is C23H28O10S2. The van der Waals surface area contributed by atoms with Crippen molar-refractivity contribution in [2.24, 2.45) is 0 Å². The first kappa shape index (κ1) is 26.2. The molecule has 2 saturated heterocycles. The van der Waals surface area contributed by atoms with E-state index in [1.54, 1.807) is 52.0 Å². The third-order valence-corrected chi connectivity index (χ3v) is 8.32. The van der Waals surface area contributed by atoms with Crippen molar-refractivity contribution in [2.75, 3.05) is 6.61 Å². The molecule has 2 fully saturated rings. The maximum absolute atomic E-state index is 13.0. The maximum Gasteiger partial charge on any atom is 0.297 e. The molecule has 0 saturated carbocycles. The van der Waals surface area contributed by atoms with Crippen molar-refractivity contribution in [2.45, 2.75) is 74.0 Å². The van der Waals surface area contributed by atoms with Crippen LogP contribution in [0.2, 0.25) is 0 Å². The lowest BCUT2D eigenvalue weighted by Crippen LogP contribution is -2.45. The van der Waals surface area contributed by atoms with Crippen molar-refractivity contribution in [1.82, 2.24) is 0 Å². The zero-order chi connectivity index (χ0) is 25.6. The molecule has 0 aromatic heterocycles. The first-order chi connectivity index (χ1) is 16.3. The summed E-state index contributed by atoms with van der Waals surface area (Å²) in [7, 11) is -8.63. The predicted molar refractivity (Wildman–Crippen MR) is 122 cm³/mol. The van der Waals surface area contributed by atoms with Gasteiger partial charge in [-0.15, -0.1) is 0 Å². The Labute approximate surface area is 205 Å². The van der Waals surface area contributed by atoms with Gasteiger partial charge in [0, 0.05) is 0 Å². The topological polar surface area (TPSA) is 135 Å². The molecule has 2 heterocycles. The minimum absolute atomic E-state index is 0.110. The first-order valence-electron chi connectivity index (χ1n) is 10.9. The fourth-order valence-corrected chi connectivity index (χ4v) is 5.84. The lowest BCUT2D eigenvalue weighted by Gasteiger charge is -2.28. The van der Waals surface area contributed by atoms with Crippen LogP contribution < -0.4 is 0 Å². The van der Waals surface area contributed by atoms with E-state index in [1.165, 1.54) is 24.3 Å². The van der Waals surface area contributed by atoms with Crippen molar-refractivity contribution < 1.29 is 44.5 Å². The van der Waals surface area contributed by atoms with E-state index in [1.807, 2.05) is 0 Å². The zero-order valence-corrected chi connectivity index (χ0v) is 21.3. The maximum atomic E-state index is 13.0. The van der Waals surface area contributed by atoms with Gasteiger partial charge in [0.05, 0.1) is 16.4 Å². The smallest absolute Gasteiger partial charge is 0.297 e. The molecule has 2 aromatic carbocycles. The summed E-state index contributed by atoms with van der Waals surface area (Å²) >= 11 is 0. The highest BCUT2D eigenvalue weighted by molar-refractivity contribution is 7.87. The molecule has 0 unspecified atom stereocenters. The molecule has 0 spiro atoms. The molecular weight excluding hydrogens is 500 g/mol. The Kier molecular flexibility index (Phi) is 7.12. The molecule has 2 aliphatic heterocycles. The van der Waals surface area contributed by atoms with Crippen LogP contribution in [0.15, 0.2) is 58.3 Å². The third-order valence-electron chi connectivity index (χ3n) is 5.68. The molecule has 2 aliphatic rings. The number of fused-ring (bicyclic) bond motifs is 1. The Balaban J connectivity index is 1.58. The van der Waals surface area contributed by atoms with Crippen LogP contribution in [0.25, 0.3) is 0 Å². The Hall–Kier alpha value is -1.90. The highest BCUT2D eigenvalue weighted by atomic mass is 32.2. The van der Waals surface area contributed by atoms with Gasteiger partial charge in [-0.1, -0.05) is 35.4 Å². The highest BCUT2D eigenvalue weighted by Crippen LogP contribution is 2.39. The lowest BCUT2D eigenvalue weighted by atomic mass is 10.1. The summed E-state index contributed by atoms with van der Waals surface area (Å²) in [5.74, 6) is -1.02. The van der Waals surface area contributed by atoms with Crippen LogP contribution in [0, 0.1) is 13.8 Å². The van der Waals surface area contributed by atoms with E-state index in [0.717, 1.165) is 11.1 Å². The summed E-state index contributed by atoms with van der Waals surface area (Å²) in [6.45, 7) is 6.14. The molecule has 10 nitrogen and oxygen atoms in total. The summed E-state index contributed by atoms with van der Waals surface area (Å²) in [5.41, 5.74) is 1.69. The summed E-state index contributed by atoms with van der Waals surface area (Å²) in [5, 5.41) is 10.8. The number of benzene rings is 2. The molecule has 35 heavy (non-hydrogen) atoms. The van der Waals surface area contributed by atoms with Gasteiger partial charge >= 0.3 is 0 Å². The van der Waals surface area contributed by atoms with Gasteiger partial charge in [-0.2, -0.15) is 16.8 Å². The number of aliphatic hydroxyl groups excluding tert-OH is 1. The summed E-state index contributed by atoms with van der Waals surface area (Å²) in [4.78, 5) is -0.253. The van der Waals surface area contributed by atoms with Gasteiger partial charge in [-0.3, -0.25) is 8.37 Å². The van der Waals surface area contributed by atoms with Crippen LogP contribution in [0.5, 0.6) is 0 Å². The monoisotopic (exact) mass is 528 g/mol. The summed E-state index contributed by atoms with van der Waals surface area (Å²) < 4.78 is 78.9. The van der Waals surface area contributed by atoms with Gasteiger partial charge in [0.15, 0.2) is 12.1 Å². The van der Waals surface area contributed by atoms with Crippen molar-refractivity contribution in [1.29, 1.82) is 0 Å². The molecule has 12 heteroatoms. The number of rotatable bonds is 8. The van der Waals surface area contributed by atoms with Gasteiger partial charge in [0.1, 0.15) is 24.4 Å². The quantitative estimate of drug-likeness (QED) is 0.507. The standard InChI is InChI=1S/C23H28O10S2/c1-14-5-9-16(10-6-14)34(25,26)29-13-18(33-35(27,28)17-11-7-15(2)8-12-17)20-19(24)21-22(30-20)32-23(3,4)31-21/h5-12,18-22,24H,13H2,1-4H3/t18-,19-,20-,21+,22-/m0/s1. The summed E-state index contributed by atoms with van der Waals surface area (Å²) in [6, 6.07) is 11.9. The molecule has 4 rings (SSSR count). The normalized spacial score (nSPS) is 27.0. The van der Waals surface area contributed by atoms with Crippen molar-refractivity contribution in [3.63, 3.8) is 0 Å². The van der Waals surface area contributed by atoms with Crippen molar-refractivity contribution in [3.05, 3.63) is 59.7 Å². The summed E-state index contributed by atoms with van der Waals surface area (Å²) in [6.07, 6.45) is -6.12. The van der Waals surface area contributed by atoms with Crippen molar-refractivity contribution >= 4 is 20.2 Å². The Morgan fingerprint density at radius 1 is 0.886 bits per heavy atom. The SMILES string of the molecule is Cc1ccc(S(=O)(=O)OC[C@H](OS(=O)(=O)c2ccc(C)cc2)[C@@H]2O[C@H]3OC(C)(C)O[C@@H]3[C@H]2O)cc1. The molecule has 0 amide bonds. The second-order valence-corrected chi connectivity index (χ2v) is 12.2. The van der Waals surface area contributed by atoms with Crippen LogP contribution >= 0.6 is 0 Å². The van der Waals surface area contributed by atoms with Gasteiger partial charge in [0.2, 0.25) is 0 Å². The highest BCUT2D eigenvalue weighted by Gasteiger charge is 2.57. The second kappa shape index (κ2) is 9.52. The van der Waals surface area contributed by atoms with E-state index in [0.29, 0.717) is 0 Å². The van der Waals surface area contributed by atoms with E-state index in [2.05, 4.69) is 0 Å². The second-order valence-electron chi connectivity index (χ2n) is 9.01. The predicted octanol–water partition coefficient (Wildman–Crippen LogP) is 2.02. The van der Waals surface area contributed by atoms with Crippen LogP contribution in [0.4, 0.5) is 0 Å². The van der Waals surface area contributed by atoms with Gasteiger partial charge in [-0.05, 0) is 52.0 Å². The largest absolute Gasteiger partial charge is 0.387 e. The molecule has 0 radical (unpaired) electrons. The number of aliphatic hydroxyl groups is 1. The average Bonchev–Trinajstić information content (AvgIpc) is 3.24. The molecule has 0 bridgehead atoms. The molecule has 2 aromatic rings. The van der Waals surface area contributed by atoms with E-state index in [4.69, 9.17) is 22.6 Å². The molecule has 192 valence electrons. The third kappa shape index (κ3) is 5.75. The average molecular weight is 529 g/mol. The Morgan fingerprint density at radius 2 is 1.40 bits per heavy atom. The minimum Gasteiger partial charge on any atom is -0.387 e. The number of ether oxygens (including phenoxy) is 3. The van der Waals surface area contributed by atoms with Crippen LogP contribution in [0.1, 0.15) is 25.0 Å². The zero-order valence-electron chi connectivity index (χ0n) is 19.7. The lowest BCUT2D eigenvalue weighted by molar-refractivity contribution is -0.225. The van der Waals surface area contributed by atoms with Gasteiger partial charge < -0.3 is 19.3 Å². The van der Waals surface area contributed by atoms with E-state index < -0.39 is 63.3 Å². The molecule has 5 atom stereocenters. The number of hydrogen-bond acceptors (Lipinski definition) is 10. The van der Waals surface area contributed by atoms with Crippen LogP contribution in [-0.2, 0) is 42.8 Å². The van der Waals surface area contributed by atoms with E-state index in [9.17, 15) is 21.9 Å². The fourth-order valence-electron chi connectivity index (χ4n) is 3.85. The van der Waals surface area contributed by atoms with Crippen LogP contribution in [0.3, 0.4) is 0 Å². The van der Waals surface area contributed by atoms with Crippen molar-refractivity contribution in [3.8, 4) is 0 Å².